The van der Waals surface area contributed by atoms with Crippen molar-refractivity contribution < 1.29 is 19.5 Å². The van der Waals surface area contributed by atoms with E-state index in [4.69, 9.17) is 9.94 Å². The number of hydrogen-bond acceptors (Lipinski definition) is 6. The van der Waals surface area contributed by atoms with E-state index < -0.39 is 11.4 Å². The van der Waals surface area contributed by atoms with E-state index in [-0.39, 0.29) is 23.8 Å². The number of hydroxylamine groups is 1. The summed E-state index contributed by atoms with van der Waals surface area (Å²) in [5, 5.41) is 16.8. The van der Waals surface area contributed by atoms with E-state index >= 15 is 0 Å². The minimum Gasteiger partial charge on any atom is -0.489 e. The highest BCUT2D eigenvalue weighted by Gasteiger charge is 2.42. The summed E-state index contributed by atoms with van der Waals surface area (Å²) >= 11 is 0. The van der Waals surface area contributed by atoms with Gasteiger partial charge in [0.15, 0.2) is 0 Å². The molecule has 1 aliphatic heterocycles. The van der Waals surface area contributed by atoms with Crippen LogP contribution in [0.4, 0.5) is 0 Å². The van der Waals surface area contributed by atoms with Gasteiger partial charge in [-0.15, -0.1) is 0 Å². The number of rotatable bonds is 7. The summed E-state index contributed by atoms with van der Waals surface area (Å²) in [6.07, 6.45) is 1.17. The molecule has 0 radical (unpaired) electrons. The summed E-state index contributed by atoms with van der Waals surface area (Å²) in [6, 6.07) is 17.1. The molecule has 1 saturated heterocycles. The Bertz CT molecular complexity index is 1270. The van der Waals surface area contributed by atoms with E-state index in [0.717, 1.165) is 22.2 Å². The quantitative estimate of drug-likeness (QED) is 0.282. The van der Waals surface area contributed by atoms with Crippen molar-refractivity contribution in [3.63, 3.8) is 0 Å². The first-order chi connectivity index (χ1) is 17.6. The Morgan fingerprint density at radius 3 is 2.59 bits per heavy atom. The van der Waals surface area contributed by atoms with Crippen molar-refractivity contribution in [3.8, 4) is 5.75 Å². The molecule has 2 atom stereocenters. The molecule has 2 heterocycles. The van der Waals surface area contributed by atoms with Gasteiger partial charge in [-0.2, -0.15) is 0 Å². The lowest BCUT2D eigenvalue weighted by molar-refractivity contribution is -0.131. The van der Waals surface area contributed by atoms with Crippen LogP contribution < -0.4 is 20.9 Å². The molecule has 0 spiro atoms. The second kappa shape index (κ2) is 10.9. The van der Waals surface area contributed by atoms with E-state index in [9.17, 15) is 9.59 Å². The summed E-state index contributed by atoms with van der Waals surface area (Å²) in [7, 11) is 0. The summed E-state index contributed by atoms with van der Waals surface area (Å²) in [5.41, 5.74) is 4.30. The SMILES string of the molecule is Cc1cc(COc2ccc(C(=O)NC3(CC(=O)NO)CCNC(C(C)(C)C)C3)cc2)c2ccccc2n1. The van der Waals surface area contributed by atoms with Gasteiger partial charge >= 0.3 is 0 Å². The molecule has 3 aromatic rings. The lowest BCUT2D eigenvalue weighted by atomic mass is 9.73. The number of piperidine rings is 1. The lowest BCUT2D eigenvalue weighted by Gasteiger charge is -2.46. The molecular weight excluding hydrogens is 468 g/mol. The number of para-hydroxylation sites is 1. The molecule has 8 nitrogen and oxygen atoms in total. The topological polar surface area (TPSA) is 113 Å². The highest BCUT2D eigenvalue weighted by molar-refractivity contribution is 5.95. The molecule has 1 aliphatic rings. The minimum atomic E-state index is -0.761. The Kier molecular flexibility index (Phi) is 7.80. The third kappa shape index (κ3) is 6.45. The predicted molar refractivity (Wildman–Crippen MR) is 142 cm³/mol. The maximum absolute atomic E-state index is 13.2. The van der Waals surface area contributed by atoms with Crippen LogP contribution in [0.15, 0.2) is 54.6 Å². The van der Waals surface area contributed by atoms with Crippen LogP contribution in [0, 0.1) is 12.3 Å². The molecule has 0 aliphatic carbocycles. The van der Waals surface area contributed by atoms with Crippen molar-refractivity contribution in [1.29, 1.82) is 0 Å². The number of fused-ring (bicyclic) bond motifs is 1. The number of aryl methyl sites for hydroxylation is 1. The third-order valence-corrected chi connectivity index (χ3v) is 7.08. The van der Waals surface area contributed by atoms with Crippen LogP contribution in [0.3, 0.4) is 0 Å². The highest BCUT2D eigenvalue weighted by atomic mass is 16.5. The van der Waals surface area contributed by atoms with Gasteiger partial charge in [0.05, 0.1) is 17.5 Å². The summed E-state index contributed by atoms with van der Waals surface area (Å²) in [6.45, 7) is 9.40. The first kappa shape index (κ1) is 26.6. The average molecular weight is 505 g/mol. The molecule has 1 fully saturated rings. The number of ether oxygens (including phenoxy) is 1. The lowest BCUT2D eigenvalue weighted by Crippen LogP contribution is -2.61. The first-order valence-electron chi connectivity index (χ1n) is 12.7. The van der Waals surface area contributed by atoms with Gasteiger partial charge in [-0.05, 0) is 68.1 Å². The van der Waals surface area contributed by atoms with E-state index in [0.29, 0.717) is 37.3 Å². The number of hydrogen-bond donors (Lipinski definition) is 4. The fraction of sp³-hybridized carbons (Fsp3) is 0.414. The van der Waals surface area contributed by atoms with Crippen LogP contribution in [0.2, 0.25) is 0 Å². The number of carbonyl (C=O) groups excluding carboxylic acids is 2. The van der Waals surface area contributed by atoms with Crippen LogP contribution >= 0.6 is 0 Å². The van der Waals surface area contributed by atoms with Crippen molar-refractivity contribution in [2.75, 3.05) is 6.54 Å². The molecule has 37 heavy (non-hydrogen) atoms. The van der Waals surface area contributed by atoms with Gasteiger partial charge in [0.2, 0.25) is 5.91 Å². The maximum Gasteiger partial charge on any atom is 0.251 e. The van der Waals surface area contributed by atoms with Crippen molar-refractivity contribution >= 4 is 22.7 Å². The fourth-order valence-electron chi connectivity index (χ4n) is 5.02. The Balaban J connectivity index is 1.46. The molecule has 196 valence electrons. The molecule has 8 heteroatoms. The van der Waals surface area contributed by atoms with Crippen LogP contribution in [-0.2, 0) is 11.4 Å². The number of amides is 2. The van der Waals surface area contributed by atoms with Gasteiger partial charge in [-0.1, -0.05) is 39.0 Å². The molecule has 0 bridgehead atoms. The summed E-state index contributed by atoms with van der Waals surface area (Å²) in [4.78, 5) is 30.0. The van der Waals surface area contributed by atoms with Gasteiger partial charge in [0.1, 0.15) is 12.4 Å². The van der Waals surface area contributed by atoms with E-state index in [1.54, 1.807) is 29.7 Å². The van der Waals surface area contributed by atoms with Crippen LogP contribution in [0.1, 0.15) is 61.6 Å². The Hall–Kier alpha value is -3.49. The van der Waals surface area contributed by atoms with E-state index in [1.807, 2.05) is 37.3 Å². The van der Waals surface area contributed by atoms with Crippen molar-refractivity contribution in [2.45, 2.75) is 65.1 Å². The number of pyridine rings is 1. The van der Waals surface area contributed by atoms with Gasteiger partial charge in [-0.25, -0.2) is 5.48 Å². The molecule has 4 N–H and O–H groups in total. The van der Waals surface area contributed by atoms with Crippen molar-refractivity contribution in [2.24, 2.45) is 5.41 Å². The zero-order chi connectivity index (χ0) is 26.6. The molecule has 2 unspecified atom stereocenters. The Morgan fingerprint density at radius 1 is 1.16 bits per heavy atom. The van der Waals surface area contributed by atoms with E-state index in [2.05, 4.69) is 36.4 Å². The number of nitrogens with zero attached hydrogens (tertiary/aromatic N) is 1. The fourth-order valence-corrected chi connectivity index (χ4v) is 5.02. The average Bonchev–Trinajstić information content (AvgIpc) is 2.87. The Labute approximate surface area is 217 Å². The second-order valence-electron chi connectivity index (χ2n) is 11.0. The predicted octanol–water partition coefficient (Wildman–Crippen LogP) is 4.28. The number of nitrogens with one attached hydrogen (secondary N) is 3. The van der Waals surface area contributed by atoms with Crippen LogP contribution in [-0.4, -0.2) is 40.1 Å². The molecule has 2 aromatic carbocycles. The summed E-state index contributed by atoms with van der Waals surface area (Å²) < 4.78 is 6.03. The first-order valence-corrected chi connectivity index (χ1v) is 12.7. The van der Waals surface area contributed by atoms with Crippen molar-refractivity contribution in [3.05, 3.63) is 71.4 Å². The highest BCUT2D eigenvalue weighted by Crippen LogP contribution is 2.34. The number of aromatic nitrogens is 1. The summed E-state index contributed by atoms with van der Waals surface area (Å²) in [5.74, 6) is -0.126. The zero-order valence-electron chi connectivity index (χ0n) is 21.9. The molecule has 0 saturated carbocycles. The van der Waals surface area contributed by atoms with Gasteiger partial charge in [0, 0.05) is 28.2 Å². The van der Waals surface area contributed by atoms with E-state index in [1.165, 1.54) is 0 Å². The standard InChI is InChI=1S/C29H36N4O4/c1-19-15-21(23-7-5-6-8-24(23)31-19)18-37-22-11-9-20(10-12-22)27(35)32-29(17-26(34)33-36)13-14-30-25(16-29)28(2,3)4/h5-12,15,25,30,36H,13-14,16-18H2,1-4H3,(H,32,35)(H,33,34). The monoisotopic (exact) mass is 504 g/mol. The number of benzene rings is 2. The third-order valence-electron chi connectivity index (χ3n) is 7.08. The van der Waals surface area contributed by atoms with Gasteiger partial charge in [0.25, 0.3) is 5.91 Å². The minimum absolute atomic E-state index is 0.00397. The maximum atomic E-state index is 13.2. The molecule has 2 amide bonds. The molecular formula is C29H36N4O4. The largest absolute Gasteiger partial charge is 0.489 e. The van der Waals surface area contributed by atoms with Crippen molar-refractivity contribution in [1.82, 2.24) is 21.1 Å². The zero-order valence-corrected chi connectivity index (χ0v) is 21.9. The smallest absolute Gasteiger partial charge is 0.251 e. The molecule has 1 aromatic heterocycles. The second-order valence-corrected chi connectivity index (χ2v) is 11.0. The number of carbonyl (C=O) groups is 2. The van der Waals surface area contributed by atoms with Gasteiger partial charge in [-0.3, -0.25) is 19.8 Å². The van der Waals surface area contributed by atoms with Crippen LogP contribution in [0.25, 0.3) is 10.9 Å². The van der Waals surface area contributed by atoms with Gasteiger partial charge < -0.3 is 15.4 Å². The molecule has 4 rings (SSSR count). The Morgan fingerprint density at radius 2 is 1.89 bits per heavy atom. The van der Waals surface area contributed by atoms with Crippen LogP contribution in [0.5, 0.6) is 5.75 Å². The normalized spacial score (nSPS) is 19.9.